The van der Waals surface area contributed by atoms with Crippen LogP contribution < -0.4 is 11.1 Å². The lowest BCUT2D eigenvalue weighted by Crippen LogP contribution is -2.26. The second-order valence-electron chi connectivity index (χ2n) is 10.3. The molecule has 4 aromatic rings. The molecule has 14 heteroatoms. The number of anilines is 1. The number of carbonyl (C=O) groups is 4. The summed E-state index contributed by atoms with van der Waals surface area (Å²) in [5.74, 6) is -4.49. The number of aliphatic hydroxyl groups is 2. The third-order valence-electron chi connectivity index (χ3n) is 7.16. The summed E-state index contributed by atoms with van der Waals surface area (Å²) in [5.41, 5.74) is 4.73. The van der Waals surface area contributed by atoms with Gasteiger partial charge >= 0.3 is 0 Å². The maximum absolute atomic E-state index is 14.2. The number of ketones is 4. The number of nitrogens with two attached hydrogens (primary N) is 1. The molecule has 0 saturated heterocycles. The molecule has 8 nitrogen and oxygen atoms in total. The molecule has 0 aromatic heterocycles. The molecular weight excluding hydrogens is 696 g/mol. The van der Waals surface area contributed by atoms with Crippen molar-refractivity contribution in [1.82, 2.24) is 0 Å². The normalized spacial score (nSPS) is 13.6. The van der Waals surface area contributed by atoms with Crippen molar-refractivity contribution in [2.24, 2.45) is 5.73 Å². The Bertz CT molecular complexity index is 1810. The SMILES string of the molecule is Cl.NC[C@H](O)CCl.O=C1c2ccccc2C(=O)c2c(F)ccc(F)c21.O=C1c2ccccc2C(=O)c2c(NC[C@H](O)CCl)ccc(F)c21. The Labute approximate surface area is 289 Å². The fourth-order valence-electron chi connectivity index (χ4n) is 4.82. The molecule has 0 unspecified atom stereocenters. The standard InChI is InChI=1S/C17H13ClFNO3.C14H6F2O2.C3H8ClNO.ClH/c18-7-9(21)8-20-13-6-5-12(19)14-15(13)17(23)11-4-2-1-3-10(11)16(14)22;15-9-5-6-10(16)12-11(9)13(17)7-3-1-2-4-8(7)14(12)18;4-1-3(6)2-5;/h1-6,9,20-21H,7-8H2;1-6H;3,6H,1-2,5H2;1H/t9-;;3-;/m1.1./s1. The third-order valence-corrected chi connectivity index (χ3v) is 7.87. The fraction of sp³-hybridized carbons (Fsp3) is 0.176. The van der Waals surface area contributed by atoms with Crippen molar-refractivity contribution in [2.75, 3.05) is 30.2 Å². The fourth-order valence-corrected chi connectivity index (χ4v) is 5.06. The molecule has 2 atom stereocenters. The smallest absolute Gasteiger partial charge is 0.197 e. The average molecular weight is 724 g/mol. The summed E-state index contributed by atoms with van der Waals surface area (Å²) >= 11 is 10.7. The molecule has 0 heterocycles. The molecule has 48 heavy (non-hydrogen) atoms. The summed E-state index contributed by atoms with van der Waals surface area (Å²) in [6.07, 6.45) is -1.34. The lowest BCUT2D eigenvalue weighted by atomic mass is 9.83. The van der Waals surface area contributed by atoms with Crippen molar-refractivity contribution in [2.45, 2.75) is 12.2 Å². The van der Waals surface area contributed by atoms with E-state index in [1.165, 1.54) is 24.3 Å². The number of rotatable bonds is 6. The van der Waals surface area contributed by atoms with Crippen molar-refractivity contribution >= 4 is 64.4 Å². The summed E-state index contributed by atoms with van der Waals surface area (Å²) in [6, 6.07) is 16.6. The van der Waals surface area contributed by atoms with Gasteiger partial charge in [-0.25, -0.2) is 13.2 Å². The first-order chi connectivity index (χ1) is 22.5. The highest BCUT2D eigenvalue weighted by atomic mass is 35.5. The van der Waals surface area contributed by atoms with Crippen LogP contribution in [0.4, 0.5) is 18.9 Å². The number of nitrogens with one attached hydrogen (secondary N) is 1. The molecule has 0 amide bonds. The van der Waals surface area contributed by atoms with Crippen molar-refractivity contribution < 1.29 is 42.6 Å². The van der Waals surface area contributed by atoms with E-state index in [0.717, 1.165) is 18.2 Å². The summed E-state index contributed by atoms with van der Waals surface area (Å²) < 4.78 is 41.4. The van der Waals surface area contributed by atoms with Gasteiger partial charge in [-0.1, -0.05) is 48.5 Å². The van der Waals surface area contributed by atoms with E-state index in [9.17, 15) is 37.5 Å². The summed E-state index contributed by atoms with van der Waals surface area (Å²) in [6.45, 7) is 0.341. The largest absolute Gasteiger partial charge is 0.391 e. The Balaban J connectivity index is 0.000000223. The highest BCUT2D eigenvalue weighted by Gasteiger charge is 2.35. The highest BCUT2D eigenvalue weighted by Crippen LogP contribution is 2.34. The third kappa shape index (κ3) is 7.78. The highest BCUT2D eigenvalue weighted by molar-refractivity contribution is 6.30. The number of benzene rings is 4. The Morgan fingerprint density at radius 3 is 1.25 bits per heavy atom. The quantitative estimate of drug-likeness (QED) is 0.169. The van der Waals surface area contributed by atoms with Crippen molar-refractivity contribution in [3.05, 3.63) is 135 Å². The molecule has 252 valence electrons. The number of carbonyl (C=O) groups excluding carboxylic acids is 4. The molecule has 0 fully saturated rings. The van der Waals surface area contributed by atoms with Gasteiger partial charge in [-0.3, -0.25) is 19.2 Å². The summed E-state index contributed by atoms with van der Waals surface area (Å²) in [4.78, 5) is 49.4. The van der Waals surface area contributed by atoms with Gasteiger partial charge < -0.3 is 21.3 Å². The van der Waals surface area contributed by atoms with Crippen molar-refractivity contribution in [3.63, 3.8) is 0 Å². The van der Waals surface area contributed by atoms with Crippen LogP contribution in [-0.4, -0.2) is 70.4 Å². The van der Waals surface area contributed by atoms with Crippen LogP contribution in [0.5, 0.6) is 0 Å². The second kappa shape index (κ2) is 16.8. The van der Waals surface area contributed by atoms with E-state index >= 15 is 0 Å². The number of halogens is 6. The Hall–Kier alpha value is -4.10. The number of fused-ring (bicyclic) bond motifs is 4. The van der Waals surface area contributed by atoms with E-state index in [1.54, 1.807) is 30.3 Å². The van der Waals surface area contributed by atoms with E-state index in [0.29, 0.717) is 5.69 Å². The zero-order valence-electron chi connectivity index (χ0n) is 24.8. The van der Waals surface area contributed by atoms with Crippen molar-refractivity contribution in [3.8, 4) is 0 Å². The predicted octanol–water partition coefficient (Wildman–Crippen LogP) is 5.32. The van der Waals surface area contributed by atoms with Crippen LogP contribution in [0.2, 0.25) is 0 Å². The minimum absolute atomic E-state index is 0. The van der Waals surface area contributed by atoms with Gasteiger partial charge in [-0.05, 0) is 24.3 Å². The zero-order valence-corrected chi connectivity index (χ0v) is 27.1. The molecular formula is C34H28Cl3F3N2O6. The second-order valence-corrected chi connectivity index (χ2v) is 10.9. The van der Waals surface area contributed by atoms with E-state index in [4.69, 9.17) is 34.0 Å². The number of hydrogen-bond acceptors (Lipinski definition) is 8. The molecule has 0 saturated carbocycles. The van der Waals surface area contributed by atoms with Crippen LogP contribution in [0.25, 0.3) is 0 Å². The van der Waals surface area contributed by atoms with Gasteiger partial charge in [0.2, 0.25) is 0 Å². The van der Waals surface area contributed by atoms with Gasteiger partial charge in [0.1, 0.15) is 17.5 Å². The van der Waals surface area contributed by atoms with Crippen LogP contribution in [0, 0.1) is 17.5 Å². The zero-order chi connectivity index (χ0) is 34.4. The molecule has 4 aromatic carbocycles. The first-order valence-electron chi connectivity index (χ1n) is 14.1. The average Bonchev–Trinajstić information content (AvgIpc) is 3.09. The van der Waals surface area contributed by atoms with E-state index < -0.39 is 63.9 Å². The van der Waals surface area contributed by atoms with E-state index in [-0.39, 0.29) is 70.6 Å². The summed E-state index contributed by atoms with van der Waals surface area (Å²) in [5, 5.41) is 20.8. The predicted molar refractivity (Wildman–Crippen MR) is 178 cm³/mol. The number of aliphatic hydroxyl groups excluding tert-OH is 2. The topological polar surface area (TPSA) is 147 Å². The molecule has 2 aliphatic carbocycles. The number of alkyl halides is 2. The van der Waals surface area contributed by atoms with Crippen LogP contribution in [-0.2, 0) is 0 Å². The van der Waals surface area contributed by atoms with Crippen LogP contribution >= 0.6 is 35.6 Å². The molecule has 0 bridgehead atoms. The molecule has 0 radical (unpaired) electrons. The molecule has 2 aliphatic rings. The molecule has 6 rings (SSSR count). The Kier molecular flexibility index (Phi) is 13.4. The van der Waals surface area contributed by atoms with Gasteiger partial charge in [0.15, 0.2) is 23.1 Å². The van der Waals surface area contributed by atoms with E-state index in [2.05, 4.69) is 5.32 Å². The summed E-state index contributed by atoms with van der Waals surface area (Å²) in [7, 11) is 0. The maximum Gasteiger partial charge on any atom is 0.197 e. The first-order valence-corrected chi connectivity index (χ1v) is 15.1. The van der Waals surface area contributed by atoms with Gasteiger partial charge in [0.05, 0.1) is 40.3 Å². The Morgan fingerprint density at radius 1 is 0.583 bits per heavy atom. The van der Waals surface area contributed by atoms with Crippen LogP contribution in [0.15, 0.2) is 72.8 Å². The lowest BCUT2D eigenvalue weighted by molar-refractivity contribution is 0.0972. The van der Waals surface area contributed by atoms with Gasteiger partial charge in [0, 0.05) is 46.9 Å². The lowest BCUT2D eigenvalue weighted by Gasteiger charge is -2.21. The molecule has 0 aliphatic heterocycles. The Morgan fingerprint density at radius 2 is 0.917 bits per heavy atom. The van der Waals surface area contributed by atoms with Crippen LogP contribution in [0.3, 0.4) is 0 Å². The molecule has 0 spiro atoms. The first kappa shape index (κ1) is 38.3. The van der Waals surface area contributed by atoms with Crippen LogP contribution in [0.1, 0.15) is 63.7 Å². The van der Waals surface area contributed by atoms with Gasteiger partial charge in [0.25, 0.3) is 0 Å². The minimum Gasteiger partial charge on any atom is -0.391 e. The molecule has 5 N–H and O–H groups in total. The number of hydrogen-bond donors (Lipinski definition) is 4. The van der Waals surface area contributed by atoms with Crippen molar-refractivity contribution in [1.29, 1.82) is 0 Å². The van der Waals surface area contributed by atoms with Gasteiger partial charge in [-0.15, -0.1) is 35.6 Å². The monoisotopic (exact) mass is 722 g/mol. The maximum atomic E-state index is 14.2. The van der Waals surface area contributed by atoms with E-state index in [1.807, 2.05) is 0 Å². The minimum atomic E-state index is -0.876. The van der Waals surface area contributed by atoms with Gasteiger partial charge in [-0.2, -0.15) is 0 Å².